The van der Waals surface area contributed by atoms with Crippen molar-refractivity contribution < 1.29 is 0 Å². The third-order valence-electron chi connectivity index (χ3n) is 3.18. The number of hydrogen-bond donors (Lipinski definition) is 0. The Kier molecular flexibility index (Phi) is 4.01. The van der Waals surface area contributed by atoms with E-state index in [0.717, 1.165) is 27.9 Å². The number of alkyl halides is 1. The maximum atomic E-state index is 6.20. The van der Waals surface area contributed by atoms with E-state index in [1.165, 1.54) is 5.56 Å². The van der Waals surface area contributed by atoms with E-state index in [2.05, 4.69) is 37.6 Å². The number of fused-ring (bicyclic) bond motifs is 1. The highest BCUT2D eigenvalue weighted by atomic mass is 79.9. The maximum absolute atomic E-state index is 6.20. The largest absolute Gasteiger partial charge is 0.322 e. The van der Waals surface area contributed by atoms with E-state index in [1.54, 1.807) is 0 Å². The molecule has 0 spiro atoms. The van der Waals surface area contributed by atoms with Crippen molar-refractivity contribution in [3.05, 3.63) is 63.3 Å². The number of rotatable bonds is 3. The first-order valence-electron chi connectivity index (χ1n) is 6.13. The molecule has 2 nitrogen and oxygen atoms in total. The van der Waals surface area contributed by atoms with Crippen LogP contribution in [0.1, 0.15) is 11.4 Å². The Bertz CT molecular complexity index is 750. The molecule has 0 radical (unpaired) electrons. The Balaban J connectivity index is 2.10. The summed E-state index contributed by atoms with van der Waals surface area (Å²) in [6.45, 7) is 0.728. The average molecular weight is 370 g/mol. The van der Waals surface area contributed by atoms with Crippen molar-refractivity contribution in [2.45, 2.75) is 12.4 Å². The van der Waals surface area contributed by atoms with E-state index in [0.29, 0.717) is 10.9 Å². The quantitative estimate of drug-likeness (QED) is 0.577. The van der Waals surface area contributed by atoms with Crippen molar-refractivity contribution in [1.82, 2.24) is 9.55 Å². The normalized spacial score (nSPS) is 11.2. The number of nitrogens with zero attached hydrogens (tertiary/aromatic N) is 2. The van der Waals surface area contributed by atoms with Crippen LogP contribution in [0.25, 0.3) is 11.0 Å². The number of hydrogen-bond acceptors (Lipinski definition) is 1. The lowest BCUT2D eigenvalue weighted by Gasteiger charge is -2.08. The summed E-state index contributed by atoms with van der Waals surface area (Å²) in [7, 11) is 0. The van der Waals surface area contributed by atoms with Crippen LogP contribution in [0.3, 0.4) is 0 Å². The fraction of sp³-hybridized carbons (Fsp3) is 0.133. The van der Waals surface area contributed by atoms with Crippen LogP contribution in [0, 0.1) is 0 Å². The fourth-order valence-electron chi connectivity index (χ4n) is 2.21. The Labute approximate surface area is 135 Å². The first-order valence-corrected chi connectivity index (χ1v) is 7.83. The Morgan fingerprint density at radius 3 is 2.55 bits per heavy atom. The molecular formula is C15H11BrCl2N2. The number of aromatic nitrogens is 2. The van der Waals surface area contributed by atoms with E-state index >= 15 is 0 Å². The van der Waals surface area contributed by atoms with Crippen LogP contribution in [-0.4, -0.2) is 9.55 Å². The summed E-state index contributed by atoms with van der Waals surface area (Å²) >= 11 is 15.7. The highest BCUT2D eigenvalue weighted by Crippen LogP contribution is 2.25. The number of para-hydroxylation sites is 1. The van der Waals surface area contributed by atoms with Crippen LogP contribution in [0.5, 0.6) is 0 Å². The molecule has 0 aliphatic rings. The maximum Gasteiger partial charge on any atom is 0.125 e. The summed E-state index contributed by atoms with van der Waals surface area (Å²) in [5.41, 5.74) is 3.01. The van der Waals surface area contributed by atoms with E-state index in [4.69, 9.17) is 23.2 Å². The van der Waals surface area contributed by atoms with Gasteiger partial charge < -0.3 is 4.57 Å². The van der Waals surface area contributed by atoms with Crippen molar-refractivity contribution in [3.63, 3.8) is 0 Å². The van der Waals surface area contributed by atoms with Gasteiger partial charge in [-0.15, -0.1) is 11.6 Å². The lowest BCUT2D eigenvalue weighted by molar-refractivity contribution is 0.778. The molecule has 1 heterocycles. The Hall–Kier alpha value is -1.03. The van der Waals surface area contributed by atoms with E-state index in [1.807, 2.05) is 30.3 Å². The van der Waals surface area contributed by atoms with Crippen molar-refractivity contribution >= 4 is 50.2 Å². The molecule has 0 unspecified atom stereocenters. The van der Waals surface area contributed by atoms with Crippen LogP contribution < -0.4 is 0 Å². The van der Waals surface area contributed by atoms with Gasteiger partial charge in [0.25, 0.3) is 0 Å². The van der Waals surface area contributed by atoms with Gasteiger partial charge in [-0.25, -0.2) is 4.98 Å². The second kappa shape index (κ2) is 5.76. The fourth-order valence-corrected chi connectivity index (χ4v) is 2.89. The van der Waals surface area contributed by atoms with Gasteiger partial charge in [-0.3, -0.25) is 0 Å². The smallest absolute Gasteiger partial charge is 0.125 e. The van der Waals surface area contributed by atoms with Gasteiger partial charge in [-0.05, 0) is 29.8 Å². The molecule has 3 aromatic rings. The topological polar surface area (TPSA) is 17.8 Å². The minimum absolute atomic E-state index is 0.363. The molecule has 0 atom stereocenters. The van der Waals surface area contributed by atoms with E-state index < -0.39 is 0 Å². The first kappa shape index (κ1) is 13.9. The predicted molar refractivity (Wildman–Crippen MR) is 87.5 cm³/mol. The standard InChI is InChI=1S/C15H11BrCl2N2/c16-11-6-4-10(5-7-11)9-20-13-3-1-2-12(18)15(13)19-14(20)8-17/h1-7H,8-9H2. The summed E-state index contributed by atoms with van der Waals surface area (Å²) in [6, 6.07) is 14.0. The molecule has 20 heavy (non-hydrogen) atoms. The van der Waals surface area contributed by atoms with Crippen LogP contribution in [0.15, 0.2) is 46.9 Å². The molecule has 0 saturated heterocycles. The zero-order valence-electron chi connectivity index (χ0n) is 10.5. The molecule has 3 rings (SSSR count). The molecule has 0 saturated carbocycles. The van der Waals surface area contributed by atoms with Gasteiger partial charge in [0.15, 0.2) is 0 Å². The highest BCUT2D eigenvalue weighted by Gasteiger charge is 2.12. The summed E-state index contributed by atoms with van der Waals surface area (Å²) in [4.78, 5) is 4.53. The summed E-state index contributed by atoms with van der Waals surface area (Å²) < 4.78 is 3.18. The lowest BCUT2D eigenvalue weighted by atomic mass is 10.2. The summed E-state index contributed by atoms with van der Waals surface area (Å²) in [5.74, 6) is 1.19. The van der Waals surface area contributed by atoms with Gasteiger partial charge in [-0.2, -0.15) is 0 Å². The lowest BCUT2D eigenvalue weighted by Crippen LogP contribution is -2.03. The van der Waals surface area contributed by atoms with Crippen molar-refractivity contribution in [2.24, 2.45) is 0 Å². The Morgan fingerprint density at radius 1 is 1.10 bits per heavy atom. The SMILES string of the molecule is ClCc1nc2c(Cl)cccc2n1Cc1ccc(Br)cc1. The molecule has 2 aromatic carbocycles. The molecule has 0 fully saturated rings. The van der Waals surface area contributed by atoms with Gasteiger partial charge in [0, 0.05) is 11.0 Å². The number of benzene rings is 2. The van der Waals surface area contributed by atoms with Gasteiger partial charge in [0.2, 0.25) is 0 Å². The van der Waals surface area contributed by atoms with Gasteiger partial charge in [-0.1, -0.05) is 45.7 Å². The Morgan fingerprint density at radius 2 is 1.85 bits per heavy atom. The minimum atomic E-state index is 0.363. The monoisotopic (exact) mass is 368 g/mol. The highest BCUT2D eigenvalue weighted by molar-refractivity contribution is 9.10. The number of halogens is 3. The molecule has 0 aliphatic carbocycles. The van der Waals surface area contributed by atoms with E-state index in [-0.39, 0.29) is 0 Å². The summed E-state index contributed by atoms with van der Waals surface area (Å²) in [6.07, 6.45) is 0. The van der Waals surface area contributed by atoms with Gasteiger partial charge in [0.05, 0.1) is 16.4 Å². The van der Waals surface area contributed by atoms with Crippen molar-refractivity contribution in [1.29, 1.82) is 0 Å². The molecule has 1 aromatic heterocycles. The molecule has 0 bridgehead atoms. The zero-order chi connectivity index (χ0) is 14.1. The molecular weight excluding hydrogens is 359 g/mol. The third-order valence-corrected chi connectivity index (χ3v) is 4.25. The minimum Gasteiger partial charge on any atom is -0.322 e. The van der Waals surface area contributed by atoms with Gasteiger partial charge in [0.1, 0.15) is 11.3 Å². The molecule has 102 valence electrons. The van der Waals surface area contributed by atoms with Gasteiger partial charge >= 0.3 is 0 Å². The first-order chi connectivity index (χ1) is 9.69. The number of imidazole rings is 1. The predicted octanol–water partition coefficient (Wildman–Crippen LogP) is 5.24. The van der Waals surface area contributed by atoms with Crippen LogP contribution in [0.2, 0.25) is 5.02 Å². The van der Waals surface area contributed by atoms with Crippen LogP contribution in [-0.2, 0) is 12.4 Å². The molecule has 0 N–H and O–H groups in total. The molecule has 5 heteroatoms. The second-order valence-corrected chi connectivity index (χ2v) is 6.07. The van der Waals surface area contributed by atoms with Crippen LogP contribution >= 0.6 is 39.1 Å². The summed E-state index contributed by atoms with van der Waals surface area (Å²) in [5, 5.41) is 0.656. The average Bonchev–Trinajstić information content (AvgIpc) is 2.81. The van der Waals surface area contributed by atoms with Crippen molar-refractivity contribution in [2.75, 3.05) is 0 Å². The van der Waals surface area contributed by atoms with Crippen LogP contribution in [0.4, 0.5) is 0 Å². The zero-order valence-corrected chi connectivity index (χ0v) is 13.6. The third kappa shape index (κ3) is 2.58. The second-order valence-electron chi connectivity index (χ2n) is 4.48. The van der Waals surface area contributed by atoms with Crippen molar-refractivity contribution in [3.8, 4) is 0 Å². The molecule has 0 amide bonds. The molecule has 0 aliphatic heterocycles. The van der Waals surface area contributed by atoms with E-state index in [9.17, 15) is 0 Å².